The molecular formula is C35H31Cl3N2O8S. The lowest BCUT2D eigenvalue weighted by molar-refractivity contribution is -0.143. The Kier molecular flexibility index (Phi) is 11.7. The molecule has 0 aliphatic carbocycles. The van der Waals surface area contributed by atoms with E-state index in [-0.39, 0.29) is 37.8 Å². The number of aromatic nitrogens is 1. The normalized spacial score (nSPS) is 14.2. The number of fused-ring (bicyclic) bond motifs is 1. The maximum atomic E-state index is 14.3. The number of halogens is 3. The zero-order chi connectivity index (χ0) is 35.2. The van der Waals surface area contributed by atoms with Crippen LogP contribution in [-0.2, 0) is 25.7 Å². The highest BCUT2D eigenvalue weighted by Crippen LogP contribution is 2.36. The second kappa shape index (κ2) is 15.9. The van der Waals surface area contributed by atoms with Crippen molar-refractivity contribution < 1.29 is 33.3 Å². The van der Waals surface area contributed by atoms with Crippen molar-refractivity contribution in [2.45, 2.75) is 33.4 Å². The number of carbonyl (C=O) groups is 2. The highest BCUT2D eigenvalue weighted by Gasteiger charge is 2.34. The molecule has 0 radical (unpaired) electrons. The summed E-state index contributed by atoms with van der Waals surface area (Å²) in [4.78, 5) is 44.4. The summed E-state index contributed by atoms with van der Waals surface area (Å²) in [5.74, 6) is -0.118. The van der Waals surface area contributed by atoms with Gasteiger partial charge in [0.1, 0.15) is 12.4 Å². The van der Waals surface area contributed by atoms with E-state index in [1.807, 2.05) is 0 Å². The van der Waals surface area contributed by atoms with Crippen molar-refractivity contribution in [1.29, 1.82) is 0 Å². The van der Waals surface area contributed by atoms with Crippen LogP contribution in [0.25, 0.3) is 6.08 Å². The monoisotopic (exact) mass is 744 g/mol. The second-order valence-corrected chi connectivity index (χ2v) is 12.8. The molecule has 0 saturated heterocycles. The van der Waals surface area contributed by atoms with Crippen molar-refractivity contribution in [2.75, 3.05) is 26.9 Å². The molecule has 1 aromatic heterocycles. The van der Waals surface area contributed by atoms with Crippen LogP contribution in [0.5, 0.6) is 17.2 Å². The summed E-state index contributed by atoms with van der Waals surface area (Å²) in [6.45, 7) is 5.41. The van der Waals surface area contributed by atoms with E-state index in [4.69, 9.17) is 53.8 Å². The predicted molar refractivity (Wildman–Crippen MR) is 188 cm³/mol. The Balaban J connectivity index is 1.62. The van der Waals surface area contributed by atoms with Gasteiger partial charge in [-0.1, -0.05) is 58.3 Å². The minimum Gasteiger partial charge on any atom is -0.490 e. The molecule has 1 aliphatic heterocycles. The van der Waals surface area contributed by atoms with Gasteiger partial charge in [-0.25, -0.2) is 14.6 Å². The van der Waals surface area contributed by atoms with Gasteiger partial charge in [0.05, 0.1) is 42.2 Å². The second-order valence-electron chi connectivity index (χ2n) is 10.5. The summed E-state index contributed by atoms with van der Waals surface area (Å²) < 4.78 is 29.5. The van der Waals surface area contributed by atoms with Crippen LogP contribution in [0.2, 0.25) is 15.1 Å². The number of nitrogens with zero attached hydrogens (tertiary/aromatic N) is 2. The number of carbonyl (C=O) groups excluding carboxylic acids is 2. The van der Waals surface area contributed by atoms with Crippen LogP contribution >= 0.6 is 46.1 Å². The predicted octanol–water partition coefficient (Wildman–Crippen LogP) is 6.29. The fraction of sp³-hybridized carbons (Fsp3) is 0.257. The number of rotatable bonds is 12. The number of esters is 2. The van der Waals surface area contributed by atoms with E-state index in [1.54, 1.807) is 81.4 Å². The van der Waals surface area contributed by atoms with E-state index in [1.165, 1.54) is 11.7 Å². The molecule has 3 aromatic carbocycles. The maximum absolute atomic E-state index is 14.3. The molecular weight excluding hydrogens is 715 g/mol. The van der Waals surface area contributed by atoms with Crippen LogP contribution in [0, 0.1) is 0 Å². The molecule has 10 nitrogen and oxygen atoms in total. The summed E-state index contributed by atoms with van der Waals surface area (Å²) >= 11 is 19.9. The first-order valence-electron chi connectivity index (χ1n) is 15.1. The Morgan fingerprint density at radius 1 is 0.918 bits per heavy atom. The van der Waals surface area contributed by atoms with Crippen molar-refractivity contribution in [2.24, 2.45) is 4.99 Å². The fourth-order valence-corrected chi connectivity index (χ4v) is 6.76. The molecule has 49 heavy (non-hydrogen) atoms. The number of hydrogen-bond acceptors (Lipinski definition) is 10. The number of methoxy groups -OCH3 is 1. The van der Waals surface area contributed by atoms with Crippen LogP contribution in [0.3, 0.4) is 0 Å². The average molecular weight is 746 g/mol. The van der Waals surface area contributed by atoms with Gasteiger partial charge in [0.25, 0.3) is 5.56 Å². The molecule has 0 amide bonds. The lowest BCUT2D eigenvalue weighted by Gasteiger charge is -2.25. The third kappa shape index (κ3) is 8.13. The average Bonchev–Trinajstić information content (AvgIpc) is 3.37. The minimum absolute atomic E-state index is 0.121. The van der Waals surface area contributed by atoms with Crippen molar-refractivity contribution in [3.8, 4) is 17.2 Å². The van der Waals surface area contributed by atoms with E-state index >= 15 is 0 Å². The minimum atomic E-state index is -0.923. The molecule has 14 heteroatoms. The molecule has 2 heterocycles. The summed E-state index contributed by atoms with van der Waals surface area (Å²) in [7, 11) is 1.26. The van der Waals surface area contributed by atoms with E-state index in [2.05, 4.69) is 9.73 Å². The Morgan fingerprint density at radius 2 is 1.65 bits per heavy atom. The standard InChI is InChI=1S/C35H31Cl3N2O8S/c1-5-45-28-14-20(8-11-27(28)48-18-30(41)44-4)32-31(34(43)46-6-2)19(3)39-35-40(32)33(42)29(49-35)15-22-13-23(36)10-12-26(22)47-17-21-7-9-24(37)16-25(21)38/h7-16,32H,5-6,17-18H2,1-4H3/b29-15+/t32-/m0/s1. The highest BCUT2D eigenvalue weighted by molar-refractivity contribution is 7.07. The summed E-state index contributed by atoms with van der Waals surface area (Å²) in [6.07, 6.45) is 1.67. The van der Waals surface area contributed by atoms with Crippen molar-refractivity contribution in [1.82, 2.24) is 4.57 Å². The molecule has 1 aliphatic rings. The van der Waals surface area contributed by atoms with Gasteiger partial charge in [-0.15, -0.1) is 0 Å². The SMILES string of the molecule is CCOC(=O)C1=C(C)N=c2s/c(=C/c3cc(Cl)ccc3OCc3ccc(Cl)cc3Cl)c(=O)n2[C@H]1c1ccc(OCC(=O)OC)c(OCC)c1. The Morgan fingerprint density at radius 3 is 2.37 bits per heavy atom. The smallest absolute Gasteiger partial charge is 0.343 e. The van der Waals surface area contributed by atoms with Gasteiger partial charge in [0, 0.05) is 26.2 Å². The van der Waals surface area contributed by atoms with Crippen molar-refractivity contribution in [3.05, 3.63) is 117 Å². The summed E-state index contributed by atoms with van der Waals surface area (Å²) in [6, 6.07) is 14.3. The van der Waals surface area contributed by atoms with Crippen LogP contribution < -0.4 is 29.1 Å². The van der Waals surface area contributed by atoms with Gasteiger partial charge in [0.2, 0.25) is 0 Å². The van der Waals surface area contributed by atoms with Gasteiger partial charge in [0.15, 0.2) is 22.9 Å². The Labute approximate surface area is 300 Å². The first kappa shape index (κ1) is 36.0. The molecule has 4 aromatic rings. The van der Waals surface area contributed by atoms with Gasteiger partial charge >= 0.3 is 11.9 Å². The van der Waals surface area contributed by atoms with E-state index < -0.39 is 23.5 Å². The molecule has 0 bridgehead atoms. The highest BCUT2D eigenvalue weighted by atomic mass is 35.5. The van der Waals surface area contributed by atoms with Crippen LogP contribution in [0.1, 0.15) is 43.5 Å². The zero-order valence-electron chi connectivity index (χ0n) is 26.9. The third-order valence-corrected chi connectivity index (χ3v) is 9.14. The van der Waals surface area contributed by atoms with Gasteiger partial charge in [-0.3, -0.25) is 9.36 Å². The third-order valence-electron chi connectivity index (χ3n) is 7.33. The van der Waals surface area contributed by atoms with Crippen LogP contribution in [0.15, 0.2) is 75.7 Å². The largest absolute Gasteiger partial charge is 0.490 e. The molecule has 256 valence electrons. The van der Waals surface area contributed by atoms with Gasteiger partial charge in [-0.2, -0.15) is 0 Å². The van der Waals surface area contributed by atoms with Crippen LogP contribution in [-0.4, -0.2) is 43.4 Å². The van der Waals surface area contributed by atoms with E-state index in [0.717, 1.165) is 16.9 Å². The quantitative estimate of drug-likeness (QED) is 0.156. The maximum Gasteiger partial charge on any atom is 0.343 e. The van der Waals surface area contributed by atoms with Crippen LogP contribution in [0.4, 0.5) is 0 Å². The molecule has 1 atom stereocenters. The number of benzene rings is 3. The number of ether oxygens (including phenoxy) is 5. The number of hydrogen-bond donors (Lipinski definition) is 0. The number of allylic oxidation sites excluding steroid dienone is 1. The molecule has 5 rings (SSSR count). The Hall–Kier alpha value is -4.29. The Bertz CT molecular complexity index is 2130. The summed E-state index contributed by atoms with van der Waals surface area (Å²) in [5.41, 5.74) is 1.99. The lowest BCUT2D eigenvalue weighted by atomic mass is 9.95. The molecule has 0 fully saturated rings. The van der Waals surface area contributed by atoms with Gasteiger partial charge in [-0.05, 0) is 74.9 Å². The van der Waals surface area contributed by atoms with Crippen molar-refractivity contribution in [3.63, 3.8) is 0 Å². The summed E-state index contributed by atoms with van der Waals surface area (Å²) in [5, 5.41) is 1.40. The molecule has 0 saturated carbocycles. The van der Waals surface area contributed by atoms with Gasteiger partial charge < -0.3 is 23.7 Å². The first-order valence-corrected chi connectivity index (χ1v) is 17.0. The molecule has 0 N–H and O–H groups in total. The fourth-order valence-electron chi connectivity index (χ4n) is 5.08. The van der Waals surface area contributed by atoms with E-state index in [0.29, 0.717) is 52.7 Å². The lowest BCUT2D eigenvalue weighted by Crippen LogP contribution is -2.40. The zero-order valence-corrected chi connectivity index (χ0v) is 30.0. The topological polar surface area (TPSA) is 115 Å². The first-order chi connectivity index (χ1) is 23.5. The molecule has 0 unspecified atom stereocenters. The van der Waals surface area contributed by atoms with Crippen molar-refractivity contribution >= 4 is 64.2 Å². The molecule has 0 spiro atoms. The number of thiazole rings is 1. The van der Waals surface area contributed by atoms with E-state index in [9.17, 15) is 14.4 Å².